The van der Waals surface area contributed by atoms with Crippen LogP contribution in [0.2, 0.25) is 0 Å². The number of amides is 1. The maximum atomic E-state index is 13.2. The molecule has 5 nitrogen and oxygen atoms in total. The van der Waals surface area contributed by atoms with Crippen LogP contribution in [0.4, 0.5) is 0 Å². The van der Waals surface area contributed by atoms with Gasteiger partial charge in [-0.1, -0.05) is 19.9 Å². The lowest BCUT2D eigenvalue weighted by Crippen LogP contribution is -2.40. The molecule has 2 fully saturated rings. The zero-order chi connectivity index (χ0) is 18.8. The molecule has 2 aromatic rings. The lowest BCUT2D eigenvalue weighted by Gasteiger charge is -2.36. The summed E-state index contributed by atoms with van der Waals surface area (Å²) in [4.78, 5) is 19.5. The summed E-state index contributed by atoms with van der Waals surface area (Å²) in [6.45, 7) is 8.03. The third-order valence-electron chi connectivity index (χ3n) is 7.24. The zero-order valence-corrected chi connectivity index (χ0v) is 16.5. The van der Waals surface area contributed by atoms with Gasteiger partial charge in [0.15, 0.2) is 0 Å². The van der Waals surface area contributed by atoms with E-state index in [4.69, 9.17) is 5.10 Å². The Bertz CT molecular complexity index is 885. The van der Waals surface area contributed by atoms with Crippen LogP contribution in [0, 0.1) is 18.3 Å². The molecule has 0 spiro atoms. The summed E-state index contributed by atoms with van der Waals surface area (Å²) in [7, 11) is 0. The SMILES string of the molecule is Cc1nn(CC(=O)N2CCCC[C@H]2c2cccnc2)c2c1[C@H]1[C@@H](C2)C1(C)C. The second-order valence-corrected chi connectivity index (χ2v) is 9.10. The fraction of sp³-hybridized carbons (Fsp3) is 0.591. The van der Waals surface area contributed by atoms with Crippen molar-refractivity contribution >= 4 is 5.91 Å². The molecule has 1 aliphatic heterocycles. The first kappa shape index (κ1) is 17.0. The number of hydrogen-bond acceptors (Lipinski definition) is 3. The topological polar surface area (TPSA) is 51.0 Å². The fourth-order valence-electron chi connectivity index (χ4n) is 5.67. The molecule has 0 radical (unpaired) electrons. The minimum absolute atomic E-state index is 0.150. The van der Waals surface area contributed by atoms with Crippen LogP contribution in [-0.4, -0.2) is 32.1 Å². The van der Waals surface area contributed by atoms with Gasteiger partial charge in [0.2, 0.25) is 5.91 Å². The Morgan fingerprint density at radius 2 is 2.19 bits per heavy atom. The highest BCUT2D eigenvalue weighted by Crippen LogP contribution is 2.70. The third-order valence-corrected chi connectivity index (χ3v) is 7.24. The Hall–Kier alpha value is -2.17. The molecule has 0 bridgehead atoms. The number of nitrogens with zero attached hydrogens (tertiary/aromatic N) is 4. The van der Waals surface area contributed by atoms with Crippen molar-refractivity contribution in [2.24, 2.45) is 11.3 Å². The van der Waals surface area contributed by atoms with Crippen LogP contribution < -0.4 is 0 Å². The van der Waals surface area contributed by atoms with Crippen molar-refractivity contribution in [3.63, 3.8) is 0 Å². The summed E-state index contributed by atoms with van der Waals surface area (Å²) in [6, 6.07) is 4.20. The molecule has 1 saturated carbocycles. The largest absolute Gasteiger partial charge is 0.334 e. The molecule has 0 aromatic carbocycles. The third kappa shape index (κ3) is 2.54. The Morgan fingerprint density at radius 3 is 2.96 bits per heavy atom. The summed E-state index contributed by atoms with van der Waals surface area (Å²) in [5.41, 5.74) is 5.42. The van der Waals surface area contributed by atoms with E-state index in [1.54, 1.807) is 6.20 Å². The van der Waals surface area contributed by atoms with Crippen LogP contribution in [-0.2, 0) is 17.8 Å². The van der Waals surface area contributed by atoms with Gasteiger partial charge < -0.3 is 4.90 Å². The molecular formula is C22H28N4O. The molecule has 142 valence electrons. The summed E-state index contributed by atoms with van der Waals surface area (Å²) >= 11 is 0. The predicted octanol–water partition coefficient (Wildman–Crippen LogP) is 3.64. The van der Waals surface area contributed by atoms with Crippen molar-refractivity contribution in [3.8, 4) is 0 Å². The van der Waals surface area contributed by atoms with Gasteiger partial charge in [-0.25, -0.2) is 0 Å². The molecule has 3 heterocycles. The van der Waals surface area contributed by atoms with E-state index in [0.717, 1.165) is 49.4 Å². The molecular weight excluding hydrogens is 336 g/mol. The van der Waals surface area contributed by atoms with Crippen molar-refractivity contribution in [1.82, 2.24) is 19.7 Å². The van der Waals surface area contributed by atoms with E-state index in [9.17, 15) is 4.79 Å². The fourth-order valence-corrected chi connectivity index (χ4v) is 5.67. The average molecular weight is 364 g/mol. The summed E-state index contributed by atoms with van der Waals surface area (Å²) in [5, 5.41) is 4.76. The Morgan fingerprint density at radius 1 is 1.33 bits per heavy atom. The van der Waals surface area contributed by atoms with Crippen molar-refractivity contribution in [3.05, 3.63) is 47.0 Å². The molecule has 3 atom stereocenters. The van der Waals surface area contributed by atoms with Gasteiger partial charge in [0.05, 0.1) is 11.7 Å². The van der Waals surface area contributed by atoms with E-state index < -0.39 is 0 Å². The zero-order valence-electron chi connectivity index (χ0n) is 16.5. The van der Waals surface area contributed by atoms with Crippen LogP contribution >= 0.6 is 0 Å². The smallest absolute Gasteiger partial charge is 0.244 e. The number of hydrogen-bond donors (Lipinski definition) is 0. The first-order valence-electron chi connectivity index (χ1n) is 10.2. The lowest BCUT2D eigenvalue weighted by atomic mass is 9.96. The molecule has 27 heavy (non-hydrogen) atoms. The molecule has 1 amide bonds. The van der Waals surface area contributed by atoms with Gasteiger partial charge in [0, 0.05) is 30.2 Å². The number of carbonyl (C=O) groups excluding carboxylic acids is 1. The second kappa shape index (κ2) is 5.91. The molecule has 3 aliphatic rings. The number of rotatable bonds is 3. The monoisotopic (exact) mass is 364 g/mol. The summed E-state index contributed by atoms with van der Waals surface area (Å²) in [6.07, 6.45) is 8.04. The first-order valence-corrected chi connectivity index (χ1v) is 10.2. The maximum Gasteiger partial charge on any atom is 0.244 e. The highest BCUT2D eigenvalue weighted by molar-refractivity contribution is 5.77. The number of likely N-dealkylation sites (tertiary alicyclic amines) is 1. The van der Waals surface area contributed by atoms with E-state index in [1.807, 2.05) is 16.9 Å². The average Bonchev–Trinajstić information content (AvgIpc) is 3.00. The van der Waals surface area contributed by atoms with E-state index in [1.165, 1.54) is 11.3 Å². The molecule has 0 N–H and O–H groups in total. The van der Waals surface area contributed by atoms with Crippen LogP contribution in [0.1, 0.15) is 67.6 Å². The molecule has 2 aliphatic carbocycles. The number of pyridine rings is 1. The van der Waals surface area contributed by atoms with Gasteiger partial charge >= 0.3 is 0 Å². The van der Waals surface area contributed by atoms with Gasteiger partial charge in [-0.3, -0.25) is 14.5 Å². The van der Waals surface area contributed by atoms with Gasteiger partial charge in [-0.05, 0) is 61.5 Å². The number of carbonyl (C=O) groups is 1. The highest BCUT2D eigenvalue weighted by Gasteiger charge is 2.63. The van der Waals surface area contributed by atoms with Crippen LogP contribution in [0.25, 0.3) is 0 Å². The number of aromatic nitrogens is 3. The van der Waals surface area contributed by atoms with Gasteiger partial charge in [-0.2, -0.15) is 5.10 Å². The molecule has 1 saturated heterocycles. The molecule has 5 heteroatoms. The minimum atomic E-state index is 0.150. The Kier molecular flexibility index (Phi) is 3.72. The number of aryl methyl sites for hydroxylation is 1. The van der Waals surface area contributed by atoms with E-state index in [0.29, 0.717) is 17.9 Å². The summed E-state index contributed by atoms with van der Waals surface area (Å²) in [5.74, 6) is 1.58. The molecule has 5 rings (SSSR count). The highest BCUT2D eigenvalue weighted by atomic mass is 16.2. The molecule has 0 unspecified atom stereocenters. The lowest BCUT2D eigenvalue weighted by molar-refractivity contribution is -0.136. The van der Waals surface area contributed by atoms with Crippen molar-refractivity contribution in [2.45, 2.75) is 65.0 Å². The van der Waals surface area contributed by atoms with Crippen LogP contribution in [0.15, 0.2) is 24.5 Å². The second-order valence-electron chi connectivity index (χ2n) is 9.10. The Labute approximate surface area is 160 Å². The quantitative estimate of drug-likeness (QED) is 0.835. The standard InChI is InChI=1S/C22H28N4O/c1-14-20-18(11-16-21(20)22(16,2)3)26(24-14)13-19(27)25-10-5-4-8-17(25)15-7-6-9-23-12-15/h6-7,9,12,16-17,21H,4-5,8,10-11,13H2,1-3H3/t16-,17+,21-/m1/s1. The number of fused-ring (bicyclic) bond motifs is 3. The van der Waals surface area contributed by atoms with E-state index in [2.05, 4.69) is 36.7 Å². The van der Waals surface area contributed by atoms with Crippen LogP contribution in [0.5, 0.6) is 0 Å². The molecule has 2 aromatic heterocycles. The van der Waals surface area contributed by atoms with Gasteiger partial charge in [-0.15, -0.1) is 0 Å². The minimum Gasteiger partial charge on any atom is -0.334 e. The number of piperidine rings is 1. The first-order chi connectivity index (χ1) is 13.0. The Balaban J connectivity index is 1.38. The van der Waals surface area contributed by atoms with Gasteiger partial charge in [0.1, 0.15) is 6.54 Å². The van der Waals surface area contributed by atoms with E-state index >= 15 is 0 Å². The predicted molar refractivity (Wildman–Crippen MR) is 103 cm³/mol. The van der Waals surface area contributed by atoms with Crippen molar-refractivity contribution < 1.29 is 4.79 Å². The van der Waals surface area contributed by atoms with E-state index in [-0.39, 0.29) is 11.9 Å². The van der Waals surface area contributed by atoms with Crippen molar-refractivity contribution in [1.29, 1.82) is 0 Å². The summed E-state index contributed by atoms with van der Waals surface area (Å²) < 4.78 is 2.00. The normalized spacial score (nSPS) is 28.0. The maximum absolute atomic E-state index is 13.2. The van der Waals surface area contributed by atoms with Crippen LogP contribution in [0.3, 0.4) is 0 Å². The van der Waals surface area contributed by atoms with Crippen molar-refractivity contribution in [2.75, 3.05) is 6.54 Å². The van der Waals surface area contributed by atoms with Gasteiger partial charge in [0.25, 0.3) is 0 Å².